The van der Waals surface area contributed by atoms with Crippen LogP contribution >= 0.6 is 0 Å². The number of carbonyl (C=O) groups is 1. The van der Waals surface area contributed by atoms with Gasteiger partial charge in [-0.15, -0.1) is 0 Å². The maximum absolute atomic E-state index is 12.1. The van der Waals surface area contributed by atoms with E-state index in [-0.39, 0.29) is 11.9 Å². The fourth-order valence-electron chi connectivity index (χ4n) is 2.80. The number of nitrogens with one attached hydrogen (secondary N) is 1. The van der Waals surface area contributed by atoms with E-state index in [1.54, 1.807) is 0 Å². The summed E-state index contributed by atoms with van der Waals surface area (Å²) in [5.74, 6) is 1.25. The molecule has 0 saturated carbocycles. The first-order valence-corrected chi connectivity index (χ1v) is 7.31. The number of nitrogens with zero attached hydrogens (tertiary/aromatic N) is 5. The van der Waals surface area contributed by atoms with Crippen LogP contribution in [0.25, 0.3) is 0 Å². The molecule has 3 heterocycles. The van der Waals surface area contributed by atoms with Crippen LogP contribution < -0.4 is 20.9 Å². The van der Waals surface area contributed by atoms with Crippen molar-refractivity contribution >= 4 is 23.8 Å². The van der Waals surface area contributed by atoms with E-state index in [4.69, 9.17) is 5.73 Å². The average molecular weight is 291 g/mol. The van der Waals surface area contributed by atoms with E-state index in [0.717, 1.165) is 25.9 Å². The minimum atomic E-state index is -0.700. The first kappa shape index (κ1) is 13.8. The van der Waals surface area contributed by atoms with Crippen molar-refractivity contribution in [2.75, 3.05) is 41.7 Å². The molecule has 2 fully saturated rings. The Morgan fingerprint density at radius 3 is 2.48 bits per heavy atom. The SMILES string of the molecule is CC1(C)C(=O)NCCN1c1nc(N)nc(N2CCCC2)n1. The van der Waals surface area contributed by atoms with Gasteiger partial charge in [0.05, 0.1) is 0 Å². The Hall–Kier alpha value is -2.12. The average Bonchev–Trinajstić information content (AvgIpc) is 2.95. The van der Waals surface area contributed by atoms with E-state index in [9.17, 15) is 4.79 Å². The van der Waals surface area contributed by atoms with Crippen molar-refractivity contribution in [2.24, 2.45) is 0 Å². The van der Waals surface area contributed by atoms with E-state index in [1.807, 2.05) is 18.7 Å². The largest absolute Gasteiger partial charge is 0.368 e. The molecule has 2 aliphatic rings. The number of hydrogen-bond acceptors (Lipinski definition) is 7. The Morgan fingerprint density at radius 1 is 1.10 bits per heavy atom. The number of amides is 1. The van der Waals surface area contributed by atoms with Crippen LogP contribution in [-0.2, 0) is 4.79 Å². The van der Waals surface area contributed by atoms with Crippen LogP contribution in [0.5, 0.6) is 0 Å². The molecule has 2 saturated heterocycles. The first-order valence-electron chi connectivity index (χ1n) is 7.31. The third kappa shape index (κ3) is 2.45. The molecule has 2 aliphatic heterocycles. The highest BCUT2D eigenvalue weighted by molar-refractivity contribution is 5.89. The normalized spacial score (nSPS) is 21.5. The van der Waals surface area contributed by atoms with Gasteiger partial charge in [-0.25, -0.2) is 0 Å². The molecule has 1 amide bonds. The van der Waals surface area contributed by atoms with Gasteiger partial charge in [0, 0.05) is 26.2 Å². The predicted molar refractivity (Wildman–Crippen MR) is 80.1 cm³/mol. The molecule has 0 bridgehead atoms. The Bertz CT molecular complexity index is 553. The number of carbonyl (C=O) groups excluding carboxylic acids is 1. The van der Waals surface area contributed by atoms with Gasteiger partial charge in [-0.2, -0.15) is 15.0 Å². The van der Waals surface area contributed by atoms with E-state index < -0.39 is 5.54 Å². The number of rotatable bonds is 2. The highest BCUT2D eigenvalue weighted by Crippen LogP contribution is 2.25. The van der Waals surface area contributed by atoms with Gasteiger partial charge >= 0.3 is 0 Å². The number of nitrogen functional groups attached to an aromatic ring is 1. The molecular weight excluding hydrogens is 270 g/mol. The van der Waals surface area contributed by atoms with E-state index in [2.05, 4.69) is 25.2 Å². The summed E-state index contributed by atoms with van der Waals surface area (Å²) in [4.78, 5) is 29.1. The topological polar surface area (TPSA) is 100 Å². The molecule has 21 heavy (non-hydrogen) atoms. The zero-order chi connectivity index (χ0) is 15.0. The first-order chi connectivity index (χ1) is 9.98. The molecule has 0 radical (unpaired) electrons. The predicted octanol–water partition coefficient (Wildman–Crippen LogP) is -0.231. The number of nitrogens with two attached hydrogens (primary N) is 1. The van der Waals surface area contributed by atoms with E-state index >= 15 is 0 Å². The second-order valence-electron chi connectivity index (χ2n) is 5.95. The van der Waals surface area contributed by atoms with Crippen molar-refractivity contribution in [2.45, 2.75) is 32.2 Å². The van der Waals surface area contributed by atoms with Gasteiger partial charge in [0.15, 0.2) is 0 Å². The number of piperazine rings is 1. The van der Waals surface area contributed by atoms with Crippen molar-refractivity contribution in [3.63, 3.8) is 0 Å². The molecule has 3 rings (SSSR count). The van der Waals surface area contributed by atoms with Crippen molar-refractivity contribution in [1.82, 2.24) is 20.3 Å². The molecule has 8 heteroatoms. The number of hydrogen-bond donors (Lipinski definition) is 2. The van der Waals surface area contributed by atoms with Gasteiger partial charge in [-0.05, 0) is 26.7 Å². The smallest absolute Gasteiger partial charge is 0.245 e. The van der Waals surface area contributed by atoms with Gasteiger partial charge in [0.1, 0.15) is 5.54 Å². The van der Waals surface area contributed by atoms with Crippen molar-refractivity contribution in [3.05, 3.63) is 0 Å². The number of aromatic nitrogens is 3. The van der Waals surface area contributed by atoms with E-state index in [0.29, 0.717) is 25.0 Å². The van der Waals surface area contributed by atoms with Crippen LogP contribution in [0.3, 0.4) is 0 Å². The van der Waals surface area contributed by atoms with Crippen molar-refractivity contribution in [3.8, 4) is 0 Å². The molecule has 0 unspecified atom stereocenters. The quantitative estimate of drug-likeness (QED) is 0.776. The van der Waals surface area contributed by atoms with Crippen molar-refractivity contribution in [1.29, 1.82) is 0 Å². The molecule has 3 N–H and O–H groups in total. The van der Waals surface area contributed by atoms with Crippen LogP contribution in [0.1, 0.15) is 26.7 Å². The summed E-state index contributed by atoms with van der Waals surface area (Å²) >= 11 is 0. The molecule has 1 aromatic rings. The lowest BCUT2D eigenvalue weighted by molar-refractivity contribution is -0.126. The summed E-state index contributed by atoms with van der Waals surface area (Å²) in [7, 11) is 0. The highest BCUT2D eigenvalue weighted by Gasteiger charge is 2.39. The Balaban J connectivity index is 1.95. The molecule has 0 atom stereocenters. The minimum absolute atomic E-state index is 0.0320. The zero-order valence-electron chi connectivity index (χ0n) is 12.5. The third-order valence-electron chi connectivity index (χ3n) is 4.11. The second kappa shape index (κ2) is 5.01. The second-order valence-corrected chi connectivity index (χ2v) is 5.95. The monoisotopic (exact) mass is 291 g/mol. The molecule has 114 valence electrons. The molecule has 8 nitrogen and oxygen atoms in total. The fraction of sp³-hybridized carbons (Fsp3) is 0.692. The summed E-state index contributed by atoms with van der Waals surface area (Å²) in [5.41, 5.74) is 5.14. The van der Waals surface area contributed by atoms with Crippen molar-refractivity contribution < 1.29 is 4.79 Å². The molecule has 1 aromatic heterocycles. The minimum Gasteiger partial charge on any atom is -0.368 e. The summed E-state index contributed by atoms with van der Waals surface area (Å²) in [6, 6.07) is 0. The Labute approximate surface area is 123 Å². The molecule has 0 aromatic carbocycles. The summed E-state index contributed by atoms with van der Waals surface area (Å²) in [5, 5.41) is 2.86. The van der Waals surface area contributed by atoms with Gasteiger partial charge in [0.25, 0.3) is 0 Å². The molecule has 0 aliphatic carbocycles. The number of anilines is 3. The zero-order valence-corrected chi connectivity index (χ0v) is 12.5. The standard InChI is InChI=1S/C13H21N7O/c1-13(2)9(21)15-5-8-20(13)12-17-10(14)16-11(18-12)19-6-3-4-7-19/h3-8H2,1-2H3,(H,15,21)(H2,14,16,17,18). The Kier molecular flexibility index (Phi) is 3.30. The van der Waals surface area contributed by atoms with Crippen LogP contribution in [0.2, 0.25) is 0 Å². The lowest BCUT2D eigenvalue weighted by Gasteiger charge is -2.41. The Morgan fingerprint density at radius 2 is 1.76 bits per heavy atom. The maximum Gasteiger partial charge on any atom is 0.245 e. The van der Waals surface area contributed by atoms with Gasteiger partial charge in [-0.1, -0.05) is 0 Å². The van der Waals surface area contributed by atoms with Gasteiger partial charge in [-0.3, -0.25) is 4.79 Å². The lowest BCUT2D eigenvalue weighted by atomic mass is 10.00. The van der Waals surface area contributed by atoms with E-state index in [1.165, 1.54) is 0 Å². The van der Waals surface area contributed by atoms with Crippen LogP contribution in [-0.4, -0.2) is 52.6 Å². The van der Waals surface area contributed by atoms with Crippen LogP contribution in [0, 0.1) is 0 Å². The van der Waals surface area contributed by atoms with Crippen LogP contribution in [0.4, 0.5) is 17.8 Å². The highest BCUT2D eigenvalue weighted by atomic mass is 16.2. The summed E-state index contributed by atoms with van der Waals surface area (Å²) in [6.07, 6.45) is 2.27. The third-order valence-corrected chi connectivity index (χ3v) is 4.11. The van der Waals surface area contributed by atoms with Gasteiger partial charge < -0.3 is 20.9 Å². The lowest BCUT2D eigenvalue weighted by Crippen LogP contribution is -2.62. The maximum atomic E-state index is 12.1. The van der Waals surface area contributed by atoms with Crippen LogP contribution in [0.15, 0.2) is 0 Å². The van der Waals surface area contributed by atoms with Gasteiger partial charge in [0.2, 0.25) is 23.8 Å². The summed E-state index contributed by atoms with van der Waals surface area (Å²) in [6.45, 7) is 6.82. The fourth-order valence-corrected chi connectivity index (χ4v) is 2.80. The summed E-state index contributed by atoms with van der Waals surface area (Å²) < 4.78 is 0. The molecule has 0 spiro atoms. The molecular formula is C13H21N7O.